The average molecular weight is 631 g/mol. The Bertz CT molecular complexity index is 1240. The molecule has 232 valence electrons. The van der Waals surface area contributed by atoms with Crippen LogP contribution in [-0.4, -0.2) is 5.11 Å². The minimum absolute atomic E-state index is 0. The Morgan fingerprint density at radius 1 is 0.667 bits per heavy atom. The van der Waals surface area contributed by atoms with Crippen molar-refractivity contribution in [1.82, 2.24) is 0 Å². The van der Waals surface area contributed by atoms with Crippen LogP contribution in [0.4, 0.5) is 39.5 Å². The van der Waals surface area contributed by atoms with E-state index in [1.165, 1.54) is 44.2 Å². The van der Waals surface area contributed by atoms with E-state index in [0.29, 0.717) is 11.1 Å². The van der Waals surface area contributed by atoms with E-state index < -0.39 is 47.4 Å². The second kappa shape index (κ2) is 16.3. The minimum Gasteiger partial charge on any atom is -0.389 e. The van der Waals surface area contributed by atoms with Crippen molar-refractivity contribution >= 4 is 12.4 Å². The van der Waals surface area contributed by atoms with E-state index in [1.807, 2.05) is 0 Å². The lowest BCUT2D eigenvalue weighted by Crippen LogP contribution is -2.09. The second-order valence-corrected chi connectivity index (χ2v) is 8.72. The quantitative estimate of drug-likeness (QED) is 0.130. The van der Waals surface area contributed by atoms with Crippen molar-refractivity contribution < 1.29 is 44.6 Å². The number of rotatable bonds is 4. The SMILES string of the molecule is C[C@@H](N)c1cccc(C(F)(F)F)c1.C[C@@H](N=[N+]=[N-])c1cccc(C(F)(F)F)c1.C[C@H](O)c1cccc(C(F)(F)F)c1.Cl. The van der Waals surface area contributed by atoms with E-state index in [1.54, 1.807) is 13.0 Å². The van der Waals surface area contributed by atoms with Crippen molar-refractivity contribution in [2.45, 2.75) is 57.5 Å². The highest BCUT2D eigenvalue weighted by Crippen LogP contribution is 2.32. The third-order valence-electron chi connectivity index (χ3n) is 5.36. The lowest BCUT2D eigenvalue weighted by Gasteiger charge is -2.10. The van der Waals surface area contributed by atoms with Crippen LogP contribution in [0.25, 0.3) is 10.4 Å². The van der Waals surface area contributed by atoms with Gasteiger partial charge in [0.05, 0.1) is 28.8 Å². The number of nitrogens with zero attached hydrogens (tertiary/aromatic N) is 3. The maximum absolute atomic E-state index is 12.3. The summed E-state index contributed by atoms with van der Waals surface area (Å²) >= 11 is 0. The van der Waals surface area contributed by atoms with E-state index >= 15 is 0 Å². The summed E-state index contributed by atoms with van der Waals surface area (Å²) in [6.45, 7) is 4.61. The van der Waals surface area contributed by atoms with Gasteiger partial charge in [-0.05, 0) is 66.4 Å². The second-order valence-electron chi connectivity index (χ2n) is 8.72. The number of azide groups is 1. The van der Waals surface area contributed by atoms with Crippen LogP contribution < -0.4 is 5.73 Å². The van der Waals surface area contributed by atoms with Crippen molar-refractivity contribution in [3.05, 3.63) is 117 Å². The molecule has 0 amide bonds. The molecule has 0 unspecified atom stereocenters. The van der Waals surface area contributed by atoms with Gasteiger partial charge in [0.25, 0.3) is 0 Å². The normalized spacial score (nSPS) is 13.5. The van der Waals surface area contributed by atoms with E-state index in [4.69, 9.17) is 16.4 Å². The molecule has 0 aliphatic heterocycles. The molecule has 5 nitrogen and oxygen atoms in total. The molecular formula is C27H28ClF9N4O. The highest BCUT2D eigenvalue weighted by atomic mass is 35.5. The lowest BCUT2D eigenvalue weighted by atomic mass is 10.1. The van der Waals surface area contributed by atoms with Crippen LogP contribution in [0.15, 0.2) is 77.9 Å². The molecule has 0 radical (unpaired) electrons. The Morgan fingerprint density at radius 2 is 1.00 bits per heavy atom. The molecule has 3 aromatic rings. The molecule has 0 aliphatic rings. The van der Waals surface area contributed by atoms with Gasteiger partial charge in [0.1, 0.15) is 0 Å². The summed E-state index contributed by atoms with van der Waals surface area (Å²) in [6.07, 6.45) is -13.9. The van der Waals surface area contributed by atoms with Crippen molar-refractivity contribution in [1.29, 1.82) is 0 Å². The van der Waals surface area contributed by atoms with Crippen LogP contribution in [0.2, 0.25) is 0 Å². The number of nitrogens with two attached hydrogens (primary N) is 1. The molecule has 0 saturated carbocycles. The van der Waals surface area contributed by atoms with Gasteiger partial charge in [0.15, 0.2) is 0 Å². The standard InChI is InChI=1S/C9H8F3N3.C9H10F3N.C9H9F3O.ClH/c1-6(14-15-13)7-3-2-4-8(5-7)9(10,11)12;2*1-6(13)7-3-2-4-8(5-7)9(10,11)12;/h2-6H,1H3;2-6H,13H2,1H3;2-6,13H,1H3;1H/t3*6-;/m110./s1. The Morgan fingerprint density at radius 3 is 1.33 bits per heavy atom. The van der Waals surface area contributed by atoms with Gasteiger partial charge in [-0.2, -0.15) is 39.5 Å². The van der Waals surface area contributed by atoms with E-state index in [9.17, 15) is 39.5 Å². The number of halogens is 10. The fraction of sp³-hybridized carbons (Fsp3) is 0.333. The molecule has 0 aromatic heterocycles. The van der Waals surface area contributed by atoms with Gasteiger partial charge >= 0.3 is 18.5 Å². The molecule has 0 heterocycles. The summed E-state index contributed by atoms with van der Waals surface area (Å²) in [5.74, 6) is 0. The molecule has 3 atom stereocenters. The van der Waals surface area contributed by atoms with Crippen LogP contribution in [0.5, 0.6) is 0 Å². The summed E-state index contributed by atoms with van der Waals surface area (Å²) in [6, 6.07) is 13.5. The summed E-state index contributed by atoms with van der Waals surface area (Å²) < 4.78 is 110. The molecule has 42 heavy (non-hydrogen) atoms. The zero-order chi connectivity index (χ0) is 31.6. The molecule has 0 fully saturated rings. The Kier molecular flexibility index (Phi) is 14.9. The smallest absolute Gasteiger partial charge is 0.389 e. The van der Waals surface area contributed by atoms with Gasteiger partial charge in [0.2, 0.25) is 0 Å². The van der Waals surface area contributed by atoms with Gasteiger partial charge in [-0.25, -0.2) is 0 Å². The Hall–Kier alpha value is -3.45. The molecule has 15 heteroatoms. The number of hydrogen-bond acceptors (Lipinski definition) is 3. The molecule has 3 rings (SSSR count). The maximum Gasteiger partial charge on any atom is 0.416 e. The molecule has 3 N–H and O–H groups in total. The highest BCUT2D eigenvalue weighted by Gasteiger charge is 2.32. The first kappa shape index (κ1) is 38.6. The first-order chi connectivity index (χ1) is 18.8. The zero-order valence-electron chi connectivity index (χ0n) is 22.3. The fourth-order valence-electron chi connectivity index (χ4n) is 3.09. The van der Waals surface area contributed by atoms with Crippen molar-refractivity contribution in [3.8, 4) is 0 Å². The molecular weight excluding hydrogens is 603 g/mol. The van der Waals surface area contributed by atoms with E-state index in [2.05, 4.69) is 10.0 Å². The predicted molar refractivity (Wildman–Crippen MR) is 142 cm³/mol. The predicted octanol–water partition coefficient (Wildman–Crippen LogP) is 9.98. The van der Waals surface area contributed by atoms with Crippen LogP contribution in [0.3, 0.4) is 0 Å². The Labute approximate surface area is 242 Å². The average Bonchev–Trinajstić information content (AvgIpc) is 2.88. The van der Waals surface area contributed by atoms with Gasteiger partial charge in [-0.15, -0.1) is 12.4 Å². The van der Waals surface area contributed by atoms with E-state index in [-0.39, 0.29) is 24.0 Å². The zero-order valence-corrected chi connectivity index (χ0v) is 23.2. The maximum atomic E-state index is 12.3. The summed E-state index contributed by atoms with van der Waals surface area (Å²) in [7, 11) is 0. The first-order valence-corrected chi connectivity index (χ1v) is 11.8. The summed E-state index contributed by atoms with van der Waals surface area (Å²) in [4.78, 5) is 2.55. The third kappa shape index (κ3) is 13.0. The lowest BCUT2D eigenvalue weighted by molar-refractivity contribution is -0.138. The molecule has 0 spiro atoms. The van der Waals surface area contributed by atoms with Gasteiger partial charge in [-0.3, -0.25) is 0 Å². The molecule has 3 aromatic carbocycles. The number of benzene rings is 3. The number of aliphatic hydroxyl groups excluding tert-OH is 1. The fourth-order valence-corrected chi connectivity index (χ4v) is 3.09. The molecule has 0 aliphatic carbocycles. The van der Waals surface area contributed by atoms with Crippen molar-refractivity contribution in [3.63, 3.8) is 0 Å². The number of hydrogen-bond donors (Lipinski definition) is 2. The summed E-state index contributed by atoms with van der Waals surface area (Å²) in [5, 5.41) is 12.4. The minimum atomic E-state index is -4.37. The Balaban J connectivity index is 0.000000595. The third-order valence-corrected chi connectivity index (χ3v) is 5.36. The monoisotopic (exact) mass is 630 g/mol. The van der Waals surface area contributed by atoms with Crippen LogP contribution >= 0.6 is 12.4 Å². The molecule has 0 bridgehead atoms. The van der Waals surface area contributed by atoms with Crippen molar-refractivity contribution in [2.75, 3.05) is 0 Å². The van der Waals surface area contributed by atoms with Crippen LogP contribution in [0, 0.1) is 0 Å². The van der Waals surface area contributed by atoms with Crippen LogP contribution in [-0.2, 0) is 18.5 Å². The first-order valence-electron chi connectivity index (χ1n) is 11.8. The van der Waals surface area contributed by atoms with E-state index in [0.717, 1.165) is 36.4 Å². The highest BCUT2D eigenvalue weighted by molar-refractivity contribution is 5.85. The topological polar surface area (TPSA) is 95.0 Å². The number of alkyl halides is 9. The van der Waals surface area contributed by atoms with Gasteiger partial charge in [-0.1, -0.05) is 54.5 Å². The molecule has 0 saturated heterocycles. The van der Waals surface area contributed by atoms with Gasteiger partial charge in [0, 0.05) is 11.0 Å². The van der Waals surface area contributed by atoms with Crippen LogP contribution in [0.1, 0.15) is 72.3 Å². The van der Waals surface area contributed by atoms with Gasteiger partial charge < -0.3 is 10.8 Å². The summed E-state index contributed by atoms with van der Waals surface area (Å²) in [5.41, 5.74) is 12.6. The number of aliphatic hydroxyl groups is 1. The van der Waals surface area contributed by atoms with Crippen molar-refractivity contribution in [2.24, 2.45) is 10.8 Å². The largest absolute Gasteiger partial charge is 0.416 e.